The molecular formula is C17H26N4O3. The molecule has 3 heterocycles. The van der Waals surface area contributed by atoms with Gasteiger partial charge in [-0.3, -0.25) is 9.69 Å². The van der Waals surface area contributed by atoms with Gasteiger partial charge in [-0.15, -0.1) is 0 Å². The van der Waals surface area contributed by atoms with E-state index in [1.165, 1.54) is 12.5 Å². The Morgan fingerprint density at radius 1 is 1.21 bits per heavy atom. The summed E-state index contributed by atoms with van der Waals surface area (Å²) in [5.74, 6) is 0.0346. The predicted molar refractivity (Wildman–Crippen MR) is 89.9 cm³/mol. The second kappa shape index (κ2) is 6.84. The van der Waals surface area contributed by atoms with Crippen LogP contribution in [0, 0.1) is 0 Å². The van der Waals surface area contributed by atoms with Crippen LogP contribution in [0.15, 0.2) is 23.0 Å². The van der Waals surface area contributed by atoms with Crippen LogP contribution in [-0.2, 0) is 0 Å². The monoisotopic (exact) mass is 334 g/mol. The van der Waals surface area contributed by atoms with Crippen molar-refractivity contribution in [2.75, 3.05) is 46.3 Å². The minimum atomic E-state index is -0.000837. The molecule has 3 amide bonds. The summed E-state index contributed by atoms with van der Waals surface area (Å²) < 4.78 is 5.01. The zero-order valence-corrected chi connectivity index (χ0v) is 14.5. The first-order valence-electron chi connectivity index (χ1n) is 8.63. The van der Waals surface area contributed by atoms with Gasteiger partial charge < -0.3 is 19.5 Å². The lowest BCUT2D eigenvalue weighted by Gasteiger charge is -2.45. The summed E-state index contributed by atoms with van der Waals surface area (Å²) in [5, 5.41) is 2.72. The number of furan rings is 1. The number of carbonyl (C=O) groups excluding carboxylic acids is 2. The molecule has 1 atom stereocenters. The van der Waals surface area contributed by atoms with Gasteiger partial charge in [0.25, 0.3) is 5.91 Å². The number of hydrogen-bond donors (Lipinski definition) is 1. The van der Waals surface area contributed by atoms with E-state index in [0.717, 1.165) is 39.0 Å². The van der Waals surface area contributed by atoms with E-state index >= 15 is 0 Å². The van der Waals surface area contributed by atoms with Crippen LogP contribution in [0.4, 0.5) is 4.79 Å². The topological polar surface area (TPSA) is 69.0 Å². The number of urea groups is 1. The first-order chi connectivity index (χ1) is 11.6. The van der Waals surface area contributed by atoms with Gasteiger partial charge in [0.05, 0.1) is 11.8 Å². The highest BCUT2D eigenvalue weighted by molar-refractivity contribution is 5.93. The third kappa shape index (κ3) is 3.00. The molecule has 132 valence electrons. The first kappa shape index (κ1) is 16.8. The van der Waals surface area contributed by atoms with Gasteiger partial charge in [-0.2, -0.15) is 0 Å². The Morgan fingerprint density at radius 2 is 1.96 bits per heavy atom. The largest absolute Gasteiger partial charge is 0.472 e. The molecule has 1 aromatic heterocycles. The van der Waals surface area contributed by atoms with E-state index in [1.807, 2.05) is 9.80 Å². The van der Waals surface area contributed by atoms with Crippen molar-refractivity contribution in [3.05, 3.63) is 24.2 Å². The van der Waals surface area contributed by atoms with E-state index in [2.05, 4.69) is 17.1 Å². The molecule has 0 aromatic carbocycles. The molecule has 24 heavy (non-hydrogen) atoms. The van der Waals surface area contributed by atoms with Gasteiger partial charge in [0, 0.05) is 51.9 Å². The van der Waals surface area contributed by atoms with Gasteiger partial charge in [-0.05, 0) is 18.9 Å². The second-order valence-electron chi connectivity index (χ2n) is 6.60. The molecule has 7 heteroatoms. The van der Waals surface area contributed by atoms with Gasteiger partial charge >= 0.3 is 6.03 Å². The Labute approximate surface area is 142 Å². The molecule has 2 fully saturated rings. The maximum atomic E-state index is 12.4. The molecule has 0 spiro atoms. The lowest BCUT2D eigenvalue weighted by molar-refractivity contribution is 0.0301. The standard InChI is InChI=1S/C17H26N4O3/c1-3-17(5-6-20(13-17)16(23)18-2)21-9-7-19(8-10-21)15(22)14-4-11-24-12-14/h4,11-12H,3,5-10,13H2,1-2H3,(H,18,23). The van der Waals surface area contributed by atoms with Gasteiger partial charge in [0.2, 0.25) is 0 Å². The van der Waals surface area contributed by atoms with E-state index in [-0.39, 0.29) is 17.5 Å². The van der Waals surface area contributed by atoms with Crippen molar-refractivity contribution in [1.82, 2.24) is 20.0 Å². The highest BCUT2D eigenvalue weighted by atomic mass is 16.3. The summed E-state index contributed by atoms with van der Waals surface area (Å²) in [6.45, 7) is 6.87. The fraction of sp³-hybridized carbons (Fsp3) is 0.647. The lowest BCUT2D eigenvalue weighted by Crippen LogP contribution is -2.59. The van der Waals surface area contributed by atoms with E-state index in [4.69, 9.17) is 4.42 Å². The van der Waals surface area contributed by atoms with Gasteiger partial charge in [-0.25, -0.2) is 4.79 Å². The highest BCUT2D eigenvalue weighted by Gasteiger charge is 2.44. The predicted octanol–water partition coefficient (Wildman–Crippen LogP) is 1.23. The van der Waals surface area contributed by atoms with Crippen LogP contribution in [0.1, 0.15) is 30.1 Å². The molecular weight excluding hydrogens is 308 g/mol. The average molecular weight is 334 g/mol. The summed E-state index contributed by atoms with van der Waals surface area (Å²) in [7, 11) is 1.68. The number of nitrogens with one attached hydrogen (secondary N) is 1. The molecule has 3 rings (SSSR count). The second-order valence-corrected chi connectivity index (χ2v) is 6.60. The molecule has 2 aliphatic rings. The van der Waals surface area contributed by atoms with Crippen LogP contribution in [0.3, 0.4) is 0 Å². The Morgan fingerprint density at radius 3 is 2.54 bits per heavy atom. The van der Waals surface area contributed by atoms with Crippen molar-refractivity contribution in [3.63, 3.8) is 0 Å². The molecule has 2 aliphatic heterocycles. The fourth-order valence-electron chi connectivity index (χ4n) is 3.91. The quantitative estimate of drug-likeness (QED) is 0.903. The van der Waals surface area contributed by atoms with Crippen molar-refractivity contribution in [3.8, 4) is 0 Å². The van der Waals surface area contributed by atoms with Crippen LogP contribution in [0.5, 0.6) is 0 Å². The normalized spacial score (nSPS) is 25.1. The van der Waals surface area contributed by atoms with E-state index < -0.39 is 0 Å². The third-order valence-electron chi connectivity index (χ3n) is 5.50. The van der Waals surface area contributed by atoms with Crippen LogP contribution < -0.4 is 5.32 Å². The van der Waals surface area contributed by atoms with E-state index in [0.29, 0.717) is 18.7 Å². The smallest absolute Gasteiger partial charge is 0.317 e. The SMILES string of the molecule is CCC1(N2CCN(C(=O)c3ccoc3)CC2)CCN(C(=O)NC)C1. The summed E-state index contributed by atoms with van der Waals surface area (Å²) in [4.78, 5) is 30.6. The fourth-order valence-corrected chi connectivity index (χ4v) is 3.91. The van der Waals surface area contributed by atoms with E-state index in [1.54, 1.807) is 13.1 Å². The van der Waals surface area contributed by atoms with Gasteiger partial charge in [0.1, 0.15) is 6.26 Å². The maximum Gasteiger partial charge on any atom is 0.317 e. The van der Waals surface area contributed by atoms with Crippen molar-refractivity contribution >= 4 is 11.9 Å². The number of nitrogens with zero attached hydrogens (tertiary/aromatic N) is 3. The Kier molecular flexibility index (Phi) is 4.80. The zero-order chi connectivity index (χ0) is 17.2. The van der Waals surface area contributed by atoms with Gasteiger partial charge in [0.15, 0.2) is 0 Å². The summed E-state index contributed by atoms with van der Waals surface area (Å²) >= 11 is 0. The highest BCUT2D eigenvalue weighted by Crippen LogP contribution is 2.32. The average Bonchev–Trinajstić information content (AvgIpc) is 3.31. The third-order valence-corrected chi connectivity index (χ3v) is 5.50. The first-order valence-corrected chi connectivity index (χ1v) is 8.63. The van der Waals surface area contributed by atoms with Crippen LogP contribution in [0.2, 0.25) is 0 Å². The van der Waals surface area contributed by atoms with Crippen LogP contribution in [-0.4, -0.2) is 78.5 Å². The molecule has 1 N–H and O–H groups in total. The van der Waals surface area contributed by atoms with Crippen LogP contribution in [0.25, 0.3) is 0 Å². The minimum absolute atomic E-state index is 0.000837. The summed E-state index contributed by atoms with van der Waals surface area (Å²) in [6.07, 6.45) is 5.03. The molecule has 0 saturated carbocycles. The molecule has 1 unspecified atom stereocenters. The Bertz CT molecular complexity index is 581. The molecule has 0 radical (unpaired) electrons. The van der Waals surface area contributed by atoms with Crippen molar-refractivity contribution < 1.29 is 14.0 Å². The summed E-state index contributed by atoms with van der Waals surface area (Å²) in [5.41, 5.74) is 0.650. The molecule has 2 saturated heterocycles. The number of amides is 3. The number of carbonyl (C=O) groups is 2. The lowest BCUT2D eigenvalue weighted by atomic mass is 9.92. The Hall–Kier alpha value is -2.02. The molecule has 0 bridgehead atoms. The molecule has 7 nitrogen and oxygen atoms in total. The Balaban J connectivity index is 1.61. The molecule has 1 aromatic rings. The summed E-state index contributed by atoms with van der Waals surface area (Å²) in [6, 6.07) is 1.71. The number of rotatable bonds is 3. The number of piperazine rings is 1. The van der Waals surface area contributed by atoms with Crippen molar-refractivity contribution in [2.24, 2.45) is 0 Å². The molecule has 0 aliphatic carbocycles. The van der Waals surface area contributed by atoms with Crippen molar-refractivity contribution in [2.45, 2.75) is 25.3 Å². The van der Waals surface area contributed by atoms with Crippen LogP contribution >= 0.6 is 0 Å². The zero-order valence-electron chi connectivity index (χ0n) is 14.5. The van der Waals surface area contributed by atoms with E-state index in [9.17, 15) is 9.59 Å². The van der Waals surface area contributed by atoms with Crippen molar-refractivity contribution in [1.29, 1.82) is 0 Å². The number of likely N-dealkylation sites (tertiary alicyclic amines) is 1. The number of hydrogen-bond acceptors (Lipinski definition) is 4. The van der Waals surface area contributed by atoms with Gasteiger partial charge in [-0.1, -0.05) is 6.92 Å². The minimum Gasteiger partial charge on any atom is -0.472 e. The maximum absolute atomic E-state index is 12.4.